The van der Waals surface area contributed by atoms with Crippen LogP contribution in [0.5, 0.6) is 0 Å². The molecule has 0 radical (unpaired) electrons. The summed E-state index contributed by atoms with van der Waals surface area (Å²) in [6.45, 7) is 3.52. The number of rotatable bonds is 5. The van der Waals surface area contributed by atoms with Crippen molar-refractivity contribution in [2.24, 2.45) is 11.7 Å². The quantitative estimate of drug-likeness (QED) is 0.833. The Morgan fingerprint density at radius 2 is 1.83 bits per heavy atom. The molecular weight excluding hydrogens is 226 g/mol. The second-order valence-electron chi connectivity index (χ2n) is 4.25. The van der Waals surface area contributed by atoms with Crippen LogP contribution in [-0.2, 0) is 0 Å². The average molecular weight is 243 g/mol. The smallest absolute Gasteiger partial charge is 0.222 e. The van der Waals surface area contributed by atoms with Gasteiger partial charge in [-0.25, -0.2) is 9.97 Å². The predicted molar refractivity (Wildman–Crippen MR) is 72.0 cm³/mol. The van der Waals surface area contributed by atoms with E-state index in [4.69, 9.17) is 5.73 Å². The van der Waals surface area contributed by atoms with Gasteiger partial charge in [0.05, 0.1) is 0 Å². The molecule has 5 nitrogen and oxygen atoms in total. The minimum absolute atomic E-state index is 0.411. The van der Waals surface area contributed by atoms with Crippen molar-refractivity contribution in [2.75, 3.05) is 18.4 Å². The number of nitrogens with two attached hydrogens (primary N) is 1. The average Bonchev–Trinajstić information content (AvgIpc) is 2.46. The van der Waals surface area contributed by atoms with Crippen molar-refractivity contribution < 1.29 is 0 Å². The molecule has 2 aromatic rings. The first kappa shape index (κ1) is 12.4. The molecule has 18 heavy (non-hydrogen) atoms. The van der Waals surface area contributed by atoms with Crippen LogP contribution >= 0.6 is 0 Å². The maximum atomic E-state index is 5.55. The van der Waals surface area contributed by atoms with Gasteiger partial charge in [0.2, 0.25) is 5.95 Å². The second-order valence-corrected chi connectivity index (χ2v) is 4.25. The summed E-state index contributed by atoms with van der Waals surface area (Å²) in [6, 6.07) is 3.87. The van der Waals surface area contributed by atoms with Crippen molar-refractivity contribution in [3.8, 4) is 11.1 Å². The first-order valence-corrected chi connectivity index (χ1v) is 5.96. The molecule has 0 saturated heterocycles. The molecule has 0 amide bonds. The second kappa shape index (κ2) is 6.07. The molecule has 0 fully saturated rings. The number of hydrogen-bond donors (Lipinski definition) is 2. The normalized spacial score (nSPS) is 12.1. The first-order valence-electron chi connectivity index (χ1n) is 5.96. The van der Waals surface area contributed by atoms with E-state index >= 15 is 0 Å². The van der Waals surface area contributed by atoms with Gasteiger partial charge < -0.3 is 11.1 Å². The van der Waals surface area contributed by atoms with Crippen molar-refractivity contribution in [3.63, 3.8) is 0 Å². The van der Waals surface area contributed by atoms with Crippen LogP contribution in [0.3, 0.4) is 0 Å². The van der Waals surface area contributed by atoms with E-state index in [1.54, 1.807) is 24.8 Å². The highest BCUT2D eigenvalue weighted by Gasteiger charge is 2.02. The molecule has 5 heteroatoms. The number of hydrogen-bond acceptors (Lipinski definition) is 5. The largest absolute Gasteiger partial charge is 0.354 e. The summed E-state index contributed by atoms with van der Waals surface area (Å²) >= 11 is 0. The molecule has 2 heterocycles. The van der Waals surface area contributed by atoms with E-state index in [1.165, 1.54) is 0 Å². The molecule has 2 aromatic heterocycles. The van der Waals surface area contributed by atoms with Crippen LogP contribution in [0.2, 0.25) is 0 Å². The van der Waals surface area contributed by atoms with Crippen molar-refractivity contribution in [1.29, 1.82) is 0 Å². The van der Waals surface area contributed by atoms with Gasteiger partial charge in [-0.15, -0.1) is 0 Å². The third kappa shape index (κ3) is 3.24. The molecule has 0 spiro atoms. The van der Waals surface area contributed by atoms with E-state index in [-0.39, 0.29) is 0 Å². The van der Waals surface area contributed by atoms with E-state index in [1.807, 2.05) is 12.1 Å². The van der Waals surface area contributed by atoms with Crippen molar-refractivity contribution in [3.05, 3.63) is 36.9 Å². The van der Waals surface area contributed by atoms with Crippen LogP contribution < -0.4 is 11.1 Å². The highest BCUT2D eigenvalue weighted by molar-refractivity contribution is 5.61. The zero-order chi connectivity index (χ0) is 12.8. The van der Waals surface area contributed by atoms with Crippen LogP contribution in [0.1, 0.15) is 6.92 Å². The van der Waals surface area contributed by atoms with Gasteiger partial charge in [-0.2, -0.15) is 0 Å². The van der Waals surface area contributed by atoms with Gasteiger partial charge in [0, 0.05) is 36.9 Å². The van der Waals surface area contributed by atoms with E-state index < -0.39 is 0 Å². The monoisotopic (exact) mass is 243 g/mol. The molecule has 94 valence electrons. The molecule has 1 unspecified atom stereocenters. The van der Waals surface area contributed by atoms with E-state index in [9.17, 15) is 0 Å². The van der Waals surface area contributed by atoms with E-state index in [2.05, 4.69) is 27.2 Å². The summed E-state index contributed by atoms with van der Waals surface area (Å²) in [7, 11) is 0. The Morgan fingerprint density at radius 3 is 2.44 bits per heavy atom. The summed E-state index contributed by atoms with van der Waals surface area (Å²) in [5, 5.41) is 3.16. The number of nitrogens with one attached hydrogen (secondary N) is 1. The fourth-order valence-corrected chi connectivity index (χ4v) is 1.46. The van der Waals surface area contributed by atoms with Crippen LogP contribution in [-0.4, -0.2) is 28.0 Å². The minimum Gasteiger partial charge on any atom is -0.354 e. The summed E-state index contributed by atoms with van der Waals surface area (Å²) in [5.41, 5.74) is 7.59. The Bertz CT molecular complexity index is 469. The summed E-state index contributed by atoms with van der Waals surface area (Å²) in [4.78, 5) is 12.5. The molecule has 0 bridgehead atoms. The van der Waals surface area contributed by atoms with Gasteiger partial charge in [-0.3, -0.25) is 4.98 Å². The minimum atomic E-state index is 0.411. The zero-order valence-electron chi connectivity index (χ0n) is 10.4. The first-order chi connectivity index (χ1) is 8.79. The topological polar surface area (TPSA) is 76.7 Å². The van der Waals surface area contributed by atoms with Gasteiger partial charge in [0.25, 0.3) is 0 Å². The Morgan fingerprint density at radius 1 is 1.17 bits per heavy atom. The molecule has 0 aliphatic heterocycles. The van der Waals surface area contributed by atoms with Gasteiger partial charge in [0.1, 0.15) is 0 Å². The Kier molecular flexibility index (Phi) is 4.20. The maximum absolute atomic E-state index is 5.55. The summed E-state index contributed by atoms with van der Waals surface area (Å²) in [5.74, 6) is 1.04. The highest BCUT2D eigenvalue weighted by Crippen LogP contribution is 2.16. The third-order valence-corrected chi connectivity index (χ3v) is 2.68. The molecular formula is C13H17N5. The molecule has 0 aliphatic rings. The maximum Gasteiger partial charge on any atom is 0.222 e. The Hall–Kier alpha value is -2.01. The molecule has 2 rings (SSSR count). The van der Waals surface area contributed by atoms with Crippen LogP contribution in [0, 0.1) is 5.92 Å². The number of pyridine rings is 1. The van der Waals surface area contributed by atoms with E-state index in [0.29, 0.717) is 18.4 Å². The van der Waals surface area contributed by atoms with Crippen LogP contribution in [0.15, 0.2) is 36.9 Å². The lowest BCUT2D eigenvalue weighted by molar-refractivity contribution is 0.625. The molecule has 3 N–H and O–H groups in total. The van der Waals surface area contributed by atoms with Gasteiger partial charge in [-0.1, -0.05) is 6.92 Å². The highest BCUT2D eigenvalue weighted by atomic mass is 15.1. The van der Waals surface area contributed by atoms with Crippen LogP contribution in [0.25, 0.3) is 11.1 Å². The third-order valence-electron chi connectivity index (χ3n) is 2.68. The standard InChI is InChI=1S/C13H17N5/c1-10(6-14)7-16-13-17-8-12(9-18-13)11-2-4-15-5-3-11/h2-5,8-10H,6-7,14H2,1H3,(H,16,17,18). The lowest BCUT2D eigenvalue weighted by Gasteiger charge is -2.09. The van der Waals surface area contributed by atoms with Gasteiger partial charge >= 0.3 is 0 Å². The fourth-order valence-electron chi connectivity index (χ4n) is 1.46. The summed E-state index contributed by atoms with van der Waals surface area (Å²) < 4.78 is 0. The molecule has 0 saturated carbocycles. The molecule has 1 atom stereocenters. The van der Waals surface area contributed by atoms with E-state index in [0.717, 1.165) is 17.7 Å². The fraction of sp³-hybridized carbons (Fsp3) is 0.308. The van der Waals surface area contributed by atoms with Crippen LogP contribution in [0.4, 0.5) is 5.95 Å². The number of nitrogens with zero attached hydrogens (tertiary/aromatic N) is 3. The molecule has 0 aromatic carbocycles. The SMILES string of the molecule is CC(CN)CNc1ncc(-c2ccncc2)cn1. The zero-order valence-corrected chi connectivity index (χ0v) is 10.4. The van der Waals surface area contributed by atoms with Gasteiger partial charge in [0.15, 0.2) is 0 Å². The number of aromatic nitrogens is 3. The van der Waals surface area contributed by atoms with Crippen molar-refractivity contribution in [2.45, 2.75) is 6.92 Å². The van der Waals surface area contributed by atoms with Gasteiger partial charge in [-0.05, 0) is 30.2 Å². The Labute approximate surface area is 106 Å². The lowest BCUT2D eigenvalue weighted by atomic mass is 10.1. The predicted octanol–water partition coefficient (Wildman–Crippen LogP) is 1.55. The van der Waals surface area contributed by atoms with Crippen molar-refractivity contribution in [1.82, 2.24) is 15.0 Å². The number of anilines is 1. The lowest BCUT2D eigenvalue weighted by Crippen LogP contribution is -2.20. The van der Waals surface area contributed by atoms with Crippen molar-refractivity contribution >= 4 is 5.95 Å². The summed E-state index contributed by atoms with van der Waals surface area (Å²) in [6.07, 6.45) is 7.12. The molecule has 0 aliphatic carbocycles. The Balaban J connectivity index is 2.02.